The lowest BCUT2D eigenvalue weighted by molar-refractivity contribution is 0.270. The zero-order chi connectivity index (χ0) is 22.7. The monoisotopic (exact) mass is 449 g/mol. The number of anilines is 1. The van der Waals surface area contributed by atoms with E-state index in [9.17, 15) is 18.5 Å². The summed E-state index contributed by atoms with van der Waals surface area (Å²) in [7, 11) is -4.08. The Morgan fingerprint density at radius 2 is 1.78 bits per heavy atom. The Morgan fingerprint density at radius 3 is 2.44 bits per heavy atom. The van der Waals surface area contributed by atoms with Gasteiger partial charge in [-0.15, -0.1) is 0 Å². The molecule has 0 N–H and O–H groups in total. The molecule has 164 valence electrons. The Kier molecular flexibility index (Phi) is 6.08. The average Bonchev–Trinajstić information content (AvgIpc) is 2.84. The summed E-state index contributed by atoms with van der Waals surface area (Å²) < 4.78 is 27.5. The standard InChI is InChI=1S/C23H23N5O3S/c1-2-26-12-14-27(15-13-26)22-20(23(29)28-11-7-6-10-21(28)25-22)16-19(17-24)32(30,31)18-8-4-3-5-9-18/h3-11,16H,2,12-15H2,1H3/b19-16+. The van der Waals surface area contributed by atoms with Crippen LogP contribution in [-0.4, -0.2) is 55.4 Å². The van der Waals surface area contributed by atoms with Crippen LogP contribution in [0.15, 0.2) is 69.3 Å². The van der Waals surface area contributed by atoms with E-state index in [4.69, 9.17) is 0 Å². The van der Waals surface area contributed by atoms with Crippen molar-refractivity contribution >= 4 is 27.4 Å². The molecule has 0 radical (unpaired) electrons. The van der Waals surface area contributed by atoms with E-state index in [-0.39, 0.29) is 10.5 Å². The predicted molar refractivity (Wildman–Crippen MR) is 123 cm³/mol. The van der Waals surface area contributed by atoms with Crippen LogP contribution in [0.5, 0.6) is 0 Å². The molecule has 0 atom stereocenters. The average molecular weight is 450 g/mol. The van der Waals surface area contributed by atoms with E-state index in [0.717, 1.165) is 19.6 Å². The van der Waals surface area contributed by atoms with E-state index >= 15 is 0 Å². The van der Waals surface area contributed by atoms with Crippen LogP contribution in [0.4, 0.5) is 5.82 Å². The van der Waals surface area contributed by atoms with Gasteiger partial charge in [0.2, 0.25) is 9.84 Å². The van der Waals surface area contributed by atoms with Crippen LogP contribution in [-0.2, 0) is 9.84 Å². The fourth-order valence-corrected chi connectivity index (χ4v) is 4.92. The van der Waals surface area contributed by atoms with Crippen LogP contribution in [0.2, 0.25) is 0 Å². The lowest BCUT2D eigenvalue weighted by Gasteiger charge is -2.35. The highest BCUT2D eigenvalue weighted by Gasteiger charge is 2.25. The van der Waals surface area contributed by atoms with Crippen molar-refractivity contribution in [3.63, 3.8) is 0 Å². The smallest absolute Gasteiger partial charge is 0.267 e. The zero-order valence-corrected chi connectivity index (χ0v) is 18.5. The Hall–Kier alpha value is -3.48. The predicted octanol–water partition coefficient (Wildman–Crippen LogP) is 2.17. The maximum absolute atomic E-state index is 13.4. The van der Waals surface area contributed by atoms with Gasteiger partial charge < -0.3 is 9.80 Å². The number of allylic oxidation sites excluding steroid dienone is 1. The number of aromatic nitrogens is 2. The summed E-state index contributed by atoms with van der Waals surface area (Å²) in [5, 5.41) is 9.71. The lowest BCUT2D eigenvalue weighted by atomic mass is 10.2. The van der Waals surface area contributed by atoms with Crippen LogP contribution in [0, 0.1) is 11.3 Å². The Bertz CT molecular complexity index is 1370. The number of rotatable bonds is 5. The van der Waals surface area contributed by atoms with E-state index in [0.29, 0.717) is 24.6 Å². The number of pyridine rings is 1. The number of fused-ring (bicyclic) bond motifs is 1. The number of nitriles is 1. The number of sulfone groups is 1. The molecule has 0 amide bonds. The fraction of sp³-hybridized carbons (Fsp3) is 0.261. The molecule has 0 unspecified atom stereocenters. The SMILES string of the molecule is CCN1CCN(c2nc3ccccn3c(=O)c2/C=C(\C#N)S(=O)(=O)c2ccccc2)CC1. The molecular formula is C23H23N5O3S. The molecule has 32 heavy (non-hydrogen) atoms. The van der Waals surface area contributed by atoms with Crippen molar-refractivity contribution in [1.29, 1.82) is 5.26 Å². The summed E-state index contributed by atoms with van der Waals surface area (Å²) >= 11 is 0. The minimum Gasteiger partial charge on any atom is -0.353 e. The van der Waals surface area contributed by atoms with E-state index in [2.05, 4.69) is 16.8 Å². The minimum absolute atomic E-state index is 0.000222. The summed E-state index contributed by atoms with van der Waals surface area (Å²) in [6.45, 7) is 5.95. The molecule has 0 aliphatic carbocycles. The van der Waals surface area contributed by atoms with E-state index in [1.807, 2.05) is 4.90 Å². The number of likely N-dealkylation sites (N-methyl/N-ethyl adjacent to an activating group) is 1. The molecule has 4 rings (SSSR count). The third kappa shape index (κ3) is 4.02. The van der Waals surface area contributed by atoms with E-state index < -0.39 is 20.3 Å². The first-order valence-corrected chi connectivity index (χ1v) is 11.8. The van der Waals surface area contributed by atoms with Gasteiger partial charge in [-0.05, 0) is 36.9 Å². The van der Waals surface area contributed by atoms with Gasteiger partial charge in [-0.25, -0.2) is 13.4 Å². The molecule has 8 nitrogen and oxygen atoms in total. The molecule has 2 aromatic heterocycles. The van der Waals surface area contributed by atoms with Crippen LogP contribution < -0.4 is 10.5 Å². The highest BCUT2D eigenvalue weighted by Crippen LogP contribution is 2.25. The maximum atomic E-state index is 13.4. The van der Waals surface area contributed by atoms with Crippen molar-refractivity contribution in [2.75, 3.05) is 37.6 Å². The second-order valence-electron chi connectivity index (χ2n) is 7.44. The second kappa shape index (κ2) is 8.94. The highest BCUT2D eigenvalue weighted by molar-refractivity contribution is 7.95. The first-order valence-electron chi connectivity index (χ1n) is 10.4. The molecular weight excluding hydrogens is 426 g/mol. The number of hydrogen-bond donors (Lipinski definition) is 0. The van der Waals surface area contributed by atoms with Gasteiger partial charge in [0.15, 0.2) is 0 Å². The quantitative estimate of drug-likeness (QED) is 0.551. The third-order valence-corrected chi connectivity index (χ3v) is 7.28. The first-order chi connectivity index (χ1) is 15.5. The van der Waals surface area contributed by atoms with Gasteiger partial charge >= 0.3 is 0 Å². The molecule has 0 saturated carbocycles. The topological polar surface area (TPSA) is 98.8 Å². The van der Waals surface area contributed by atoms with Gasteiger partial charge in [-0.1, -0.05) is 31.2 Å². The normalized spacial score (nSPS) is 15.6. The Labute approximate surface area is 186 Å². The van der Waals surface area contributed by atoms with Gasteiger partial charge in [0.25, 0.3) is 5.56 Å². The Balaban J connectivity index is 1.90. The third-order valence-electron chi connectivity index (χ3n) is 5.60. The molecule has 1 aliphatic heterocycles. The molecule has 3 aromatic rings. The van der Waals surface area contributed by atoms with E-state index in [1.165, 1.54) is 22.6 Å². The molecule has 1 aromatic carbocycles. The number of piperazine rings is 1. The fourth-order valence-electron chi connectivity index (χ4n) is 3.76. The number of benzene rings is 1. The summed E-state index contributed by atoms with van der Waals surface area (Å²) in [5.74, 6) is 0.396. The van der Waals surface area contributed by atoms with E-state index in [1.54, 1.807) is 48.7 Å². The van der Waals surface area contributed by atoms with Crippen molar-refractivity contribution < 1.29 is 8.42 Å². The maximum Gasteiger partial charge on any atom is 0.267 e. The molecule has 1 aliphatic rings. The van der Waals surface area contributed by atoms with Crippen LogP contribution in [0.3, 0.4) is 0 Å². The van der Waals surface area contributed by atoms with Crippen LogP contribution in [0.1, 0.15) is 12.5 Å². The number of nitrogens with zero attached hydrogens (tertiary/aromatic N) is 5. The molecule has 1 fully saturated rings. The van der Waals surface area contributed by atoms with Gasteiger partial charge in [0, 0.05) is 32.4 Å². The van der Waals surface area contributed by atoms with Crippen LogP contribution >= 0.6 is 0 Å². The van der Waals surface area contributed by atoms with Gasteiger partial charge in [0.1, 0.15) is 22.4 Å². The second-order valence-corrected chi connectivity index (χ2v) is 9.36. The van der Waals surface area contributed by atoms with Crippen molar-refractivity contribution in [3.8, 4) is 6.07 Å². The summed E-state index contributed by atoms with van der Waals surface area (Å²) in [6, 6.07) is 14.7. The zero-order valence-electron chi connectivity index (χ0n) is 17.7. The molecule has 0 bridgehead atoms. The van der Waals surface area contributed by atoms with Crippen molar-refractivity contribution in [1.82, 2.24) is 14.3 Å². The van der Waals surface area contributed by atoms with Crippen LogP contribution in [0.25, 0.3) is 11.7 Å². The summed E-state index contributed by atoms with van der Waals surface area (Å²) in [4.78, 5) is 21.8. The largest absolute Gasteiger partial charge is 0.353 e. The lowest BCUT2D eigenvalue weighted by Crippen LogP contribution is -2.47. The Morgan fingerprint density at radius 1 is 1.09 bits per heavy atom. The van der Waals surface area contributed by atoms with Crippen molar-refractivity contribution in [3.05, 3.63) is 75.6 Å². The first kappa shape index (κ1) is 21.7. The number of hydrogen-bond acceptors (Lipinski definition) is 7. The van der Waals surface area contributed by atoms with Gasteiger partial charge in [-0.2, -0.15) is 5.26 Å². The van der Waals surface area contributed by atoms with Gasteiger partial charge in [-0.3, -0.25) is 9.20 Å². The molecule has 3 heterocycles. The van der Waals surface area contributed by atoms with Gasteiger partial charge in [0.05, 0.1) is 10.5 Å². The summed E-state index contributed by atoms with van der Waals surface area (Å²) in [6.07, 6.45) is 2.75. The molecule has 9 heteroatoms. The molecule has 0 spiro atoms. The highest BCUT2D eigenvalue weighted by atomic mass is 32.2. The van der Waals surface area contributed by atoms with Crippen molar-refractivity contribution in [2.45, 2.75) is 11.8 Å². The summed E-state index contributed by atoms with van der Waals surface area (Å²) in [5.41, 5.74) is 0.140. The van der Waals surface area contributed by atoms with Crippen molar-refractivity contribution in [2.24, 2.45) is 0 Å². The minimum atomic E-state index is -4.08. The molecule has 1 saturated heterocycles.